The maximum Gasteiger partial charge on any atom is 0.220 e. The highest BCUT2D eigenvalue weighted by Gasteiger charge is 2.44. The molecule has 1 saturated heterocycles. The van der Waals surface area contributed by atoms with Gasteiger partial charge in [-0.2, -0.15) is 0 Å². The van der Waals surface area contributed by atoms with Crippen molar-refractivity contribution >= 4 is 5.91 Å². The minimum atomic E-state index is -1.55. The molecule has 1 amide bonds. The smallest absolute Gasteiger partial charge is 0.220 e. The fourth-order valence-corrected chi connectivity index (χ4v) is 7.16. The summed E-state index contributed by atoms with van der Waals surface area (Å²) in [6.07, 6.45) is 28.4. The molecule has 1 heterocycles. The number of ether oxygens (including phenoxy) is 2. The Labute approximate surface area is 313 Å². The van der Waals surface area contributed by atoms with E-state index < -0.39 is 49.5 Å². The quantitative estimate of drug-likeness (QED) is 0.0353. The number of carbonyl (C=O) groups excluding carboxylic acids is 1. The van der Waals surface area contributed by atoms with E-state index >= 15 is 0 Å². The molecule has 1 aliphatic heterocycles. The summed E-state index contributed by atoms with van der Waals surface area (Å²) in [7, 11) is 0. The van der Waals surface area contributed by atoms with E-state index in [2.05, 4.69) is 19.2 Å². The molecule has 0 radical (unpaired) electrons. The summed E-state index contributed by atoms with van der Waals surface area (Å²) in [5.74, 6) is -0.147. The molecule has 304 valence electrons. The number of unbranched alkanes of at least 4 members (excludes halogenated alkanes) is 26. The van der Waals surface area contributed by atoms with Gasteiger partial charge in [0.2, 0.25) is 5.91 Å². The molecule has 0 aromatic rings. The summed E-state index contributed by atoms with van der Waals surface area (Å²) in [6, 6.07) is -0.709. The van der Waals surface area contributed by atoms with E-state index in [9.17, 15) is 30.3 Å². The maximum atomic E-state index is 12.8. The average molecular weight is 730 g/mol. The fraction of sp³-hybridized carbons (Fsp3) is 0.976. The second kappa shape index (κ2) is 33.7. The van der Waals surface area contributed by atoms with Crippen molar-refractivity contribution < 1.29 is 39.8 Å². The first kappa shape index (κ1) is 48.2. The largest absolute Gasteiger partial charge is 0.394 e. The Morgan fingerprint density at radius 2 is 0.980 bits per heavy atom. The van der Waals surface area contributed by atoms with Gasteiger partial charge in [0, 0.05) is 6.42 Å². The van der Waals surface area contributed by atoms with Crippen LogP contribution >= 0.6 is 0 Å². The summed E-state index contributed by atoms with van der Waals surface area (Å²) in [5, 5.41) is 54.1. The predicted molar refractivity (Wildman–Crippen MR) is 208 cm³/mol. The van der Waals surface area contributed by atoms with Crippen LogP contribution in [0, 0.1) is 0 Å². The fourth-order valence-electron chi connectivity index (χ4n) is 7.16. The van der Waals surface area contributed by atoms with Gasteiger partial charge in [-0.3, -0.25) is 4.79 Å². The van der Waals surface area contributed by atoms with Gasteiger partial charge in [-0.15, -0.1) is 0 Å². The molecule has 7 unspecified atom stereocenters. The van der Waals surface area contributed by atoms with Gasteiger partial charge in [-0.05, 0) is 12.8 Å². The van der Waals surface area contributed by atoms with Crippen LogP contribution < -0.4 is 5.32 Å². The molecule has 7 atom stereocenters. The normalized spacial score (nSPS) is 21.9. The van der Waals surface area contributed by atoms with E-state index in [1.807, 2.05) is 0 Å². The van der Waals surface area contributed by atoms with Crippen molar-refractivity contribution in [3.63, 3.8) is 0 Å². The van der Waals surface area contributed by atoms with Crippen molar-refractivity contribution in [1.29, 1.82) is 0 Å². The topological polar surface area (TPSA) is 149 Å². The number of carbonyl (C=O) groups is 1. The minimum absolute atomic E-state index is 0.133. The number of nitrogens with one attached hydrogen (secondary N) is 1. The van der Waals surface area contributed by atoms with Crippen LogP contribution in [-0.2, 0) is 14.3 Å². The van der Waals surface area contributed by atoms with Crippen LogP contribution in [0.5, 0.6) is 0 Å². The number of hydrogen-bond donors (Lipinski definition) is 6. The lowest BCUT2D eigenvalue weighted by molar-refractivity contribution is -0.302. The first-order chi connectivity index (χ1) is 24.8. The van der Waals surface area contributed by atoms with E-state index in [1.165, 1.54) is 141 Å². The van der Waals surface area contributed by atoms with Gasteiger partial charge in [0.15, 0.2) is 6.29 Å². The number of rotatable bonds is 36. The third kappa shape index (κ3) is 25.0. The summed E-state index contributed by atoms with van der Waals surface area (Å²) in [4.78, 5) is 12.8. The van der Waals surface area contributed by atoms with Crippen molar-refractivity contribution in [2.75, 3.05) is 13.2 Å². The maximum absolute atomic E-state index is 12.8. The second-order valence-corrected chi connectivity index (χ2v) is 15.5. The van der Waals surface area contributed by atoms with Gasteiger partial charge in [0.1, 0.15) is 24.4 Å². The molecule has 51 heavy (non-hydrogen) atoms. The van der Waals surface area contributed by atoms with Crippen LogP contribution in [0.15, 0.2) is 0 Å². The predicted octanol–water partition coefficient (Wildman–Crippen LogP) is 8.39. The zero-order valence-electron chi connectivity index (χ0n) is 33.1. The summed E-state index contributed by atoms with van der Waals surface area (Å²) >= 11 is 0. The van der Waals surface area contributed by atoms with Crippen molar-refractivity contribution in [1.82, 2.24) is 5.32 Å². The molecule has 0 spiro atoms. The van der Waals surface area contributed by atoms with Crippen molar-refractivity contribution in [3.8, 4) is 0 Å². The molecule has 1 aliphatic rings. The van der Waals surface area contributed by atoms with Crippen LogP contribution in [0.4, 0.5) is 0 Å². The Bertz CT molecular complexity index is 771. The van der Waals surface area contributed by atoms with Gasteiger partial charge in [-0.25, -0.2) is 0 Å². The molecular weight excluding hydrogens is 646 g/mol. The van der Waals surface area contributed by atoms with Crippen LogP contribution in [-0.4, -0.2) is 87.5 Å². The van der Waals surface area contributed by atoms with Gasteiger partial charge in [-0.1, -0.05) is 187 Å². The monoisotopic (exact) mass is 730 g/mol. The van der Waals surface area contributed by atoms with Crippen LogP contribution in [0.1, 0.15) is 206 Å². The molecule has 0 aromatic heterocycles. The first-order valence-corrected chi connectivity index (χ1v) is 21.7. The molecule has 0 bridgehead atoms. The average Bonchev–Trinajstić information content (AvgIpc) is 3.13. The second-order valence-electron chi connectivity index (χ2n) is 15.5. The number of amides is 1. The molecule has 9 heteroatoms. The Hall–Kier alpha value is -0.810. The summed E-state index contributed by atoms with van der Waals surface area (Å²) in [5.41, 5.74) is 0. The van der Waals surface area contributed by atoms with Crippen LogP contribution in [0.25, 0.3) is 0 Å². The van der Waals surface area contributed by atoms with Gasteiger partial charge in [0.05, 0.1) is 25.4 Å². The third-order valence-corrected chi connectivity index (χ3v) is 10.7. The lowest BCUT2D eigenvalue weighted by Gasteiger charge is -2.40. The molecule has 9 nitrogen and oxygen atoms in total. The van der Waals surface area contributed by atoms with Gasteiger partial charge in [0.25, 0.3) is 0 Å². The molecular formula is C42H83NO8. The Morgan fingerprint density at radius 1 is 0.588 bits per heavy atom. The standard InChI is InChI=1S/C42H83NO8/c1-3-5-7-9-11-13-14-15-16-17-18-19-20-21-22-23-24-25-27-29-31-36(45)35(43-38(46)32-30-28-26-12-10-8-6-4-2)34-50-42-41(49)40(48)39(47)37(33-44)51-42/h35-37,39-42,44-45,47-49H,3-34H2,1-2H3,(H,43,46). The summed E-state index contributed by atoms with van der Waals surface area (Å²) < 4.78 is 11.2. The Morgan fingerprint density at radius 3 is 1.39 bits per heavy atom. The zero-order chi connectivity index (χ0) is 37.4. The van der Waals surface area contributed by atoms with E-state index in [0.717, 1.165) is 38.5 Å². The lowest BCUT2D eigenvalue weighted by atomic mass is 9.99. The van der Waals surface area contributed by atoms with Crippen molar-refractivity contribution in [2.24, 2.45) is 0 Å². The highest BCUT2D eigenvalue weighted by atomic mass is 16.7. The van der Waals surface area contributed by atoms with E-state index in [4.69, 9.17) is 9.47 Å². The minimum Gasteiger partial charge on any atom is -0.394 e. The molecule has 6 N–H and O–H groups in total. The summed E-state index contributed by atoms with van der Waals surface area (Å²) in [6.45, 7) is 3.80. The molecule has 1 rings (SSSR count). The molecule has 1 fully saturated rings. The molecule has 0 aliphatic carbocycles. The van der Waals surface area contributed by atoms with Crippen LogP contribution in [0.3, 0.4) is 0 Å². The Balaban J connectivity index is 2.27. The van der Waals surface area contributed by atoms with E-state index in [1.54, 1.807) is 0 Å². The van der Waals surface area contributed by atoms with Gasteiger partial charge >= 0.3 is 0 Å². The first-order valence-electron chi connectivity index (χ1n) is 21.7. The SMILES string of the molecule is CCCCCCCCCCCCCCCCCCCCCCC(O)C(COC1OC(CO)C(O)C(O)C1O)NC(=O)CCCCCCCCCC. The number of hydrogen-bond acceptors (Lipinski definition) is 8. The number of aliphatic hydroxyl groups excluding tert-OH is 5. The van der Waals surface area contributed by atoms with Crippen molar-refractivity contribution in [3.05, 3.63) is 0 Å². The molecule has 0 saturated carbocycles. The third-order valence-electron chi connectivity index (χ3n) is 10.7. The van der Waals surface area contributed by atoms with Gasteiger partial charge < -0.3 is 40.3 Å². The van der Waals surface area contributed by atoms with E-state index in [0.29, 0.717) is 12.8 Å². The Kier molecular flexibility index (Phi) is 31.9. The lowest BCUT2D eigenvalue weighted by Crippen LogP contribution is -2.60. The van der Waals surface area contributed by atoms with Crippen LogP contribution in [0.2, 0.25) is 0 Å². The molecule has 0 aromatic carbocycles. The van der Waals surface area contributed by atoms with E-state index in [-0.39, 0.29) is 12.5 Å². The van der Waals surface area contributed by atoms with Crippen molar-refractivity contribution in [2.45, 2.75) is 249 Å². The highest BCUT2D eigenvalue weighted by Crippen LogP contribution is 2.23. The number of aliphatic hydroxyl groups is 5. The zero-order valence-corrected chi connectivity index (χ0v) is 33.1. The highest BCUT2D eigenvalue weighted by molar-refractivity contribution is 5.76.